The van der Waals surface area contributed by atoms with E-state index in [1.807, 2.05) is 0 Å². The van der Waals surface area contributed by atoms with Gasteiger partial charge in [-0.15, -0.1) is 0 Å². The lowest BCUT2D eigenvalue weighted by atomic mass is 10.1. The van der Waals surface area contributed by atoms with E-state index in [1.165, 1.54) is 24.4 Å². The van der Waals surface area contributed by atoms with Gasteiger partial charge in [-0.25, -0.2) is 8.78 Å². The Morgan fingerprint density at radius 2 is 1.94 bits per heavy atom. The van der Waals surface area contributed by atoms with Gasteiger partial charge < -0.3 is 5.11 Å². The lowest BCUT2D eigenvalue weighted by Gasteiger charge is -2.13. The van der Waals surface area contributed by atoms with Crippen molar-refractivity contribution in [1.82, 2.24) is 4.98 Å². The van der Waals surface area contributed by atoms with Crippen LogP contribution < -0.4 is 0 Å². The number of nitrogens with zero attached hydrogens (tertiary/aromatic N) is 1. The third kappa shape index (κ3) is 2.46. The summed E-state index contributed by atoms with van der Waals surface area (Å²) in [5.41, 5.74) is -0.211. The first-order chi connectivity index (χ1) is 8.50. The minimum absolute atomic E-state index is 0.0190. The molecule has 1 N–H and O–H groups in total. The van der Waals surface area contributed by atoms with Gasteiger partial charge in [-0.05, 0) is 12.1 Å². The van der Waals surface area contributed by atoms with Crippen LogP contribution in [0.3, 0.4) is 0 Å². The molecule has 0 radical (unpaired) electrons. The second-order valence-electron chi connectivity index (χ2n) is 3.57. The van der Waals surface area contributed by atoms with E-state index >= 15 is 0 Å². The summed E-state index contributed by atoms with van der Waals surface area (Å²) in [4.78, 5) is 3.82. The van der Waals surface area contributed by atoms with Crippen molar-refractivity contribution in [2.75, 3.05) is 0 Å². The molecule has 94 valence electrons. The van der Waals surface area contributed by atoms with Crippen molar-refractivity contribution in [3.63, 3.8) is 0 Å². The van der Waals surface area contributed by atoms with E-state index in [1.54, 1.807) is 0 Å². The zero-order valence-electron chi connectivity index (χ0n) is 8.87. The van der Waals surface area contributed by atoms with E-state index in [0.29, 0.717) is 0 Å². The average Bonchev–Trinajstić information content (AvgIpc) is 2.32. The summed E-state index contributed by atoms with van der Waals surface area (Å²) in [6.45, 7) is 0. The average molecular weight is 290 g/mol. The first-order valence-electron chi connectivity index (χ1n) is 4.93. The Labute approximate surface area is 112 Å². The lowest BCUT2D eigenvalue weighted by molar-refractivity contribution is 0.208. The number of hydrogen-bond acceptors (Lipinski definition) is 2. The maximum absolute atomic E-state index is 13.5. The largest absolute Gasteiger partial charge is 0.382 e. The third-order valence-corrected chi connectivity index (χ3v) is 2.88. The molecule has 0 aliphatic rings. The summed E-state index contributed by atoms with van der Waals surface area (Å²) in [5.74, 6) is -2.17. The number of benzene rings is 1. The van der Waals surface area contributed by atoms with Crippen LogP contribution in [0.4, 0.5) is 8.78 Å². The molecule has 0 amide bonds. The van der Waals surface area contributed by atoms with Gasteiger partial charge in [0.25, 0.3) is 0 Å². The minimum Gasteiger partial charge on any atom is -0.382 e. The summed E-state index contributed by atoms with van der Waals surface area (Å²) >= 11 is 11.5. The molecule has 0 saturated heterocycles. The second-order valence-corrected chi connectivity index (χ2v) is 4.41. The maximum atomic E-state index is 13.5. The Morgan fingerprint density at radius 1 is 1.22 bits per heavy atom. The molecule has 2 nitrogen and oxygen atoms in total. The summed E-state index contributed by atoms with van der Waals surface area (Å²) in [5, 5.41) is 10.3. The second kappa shape index (κ2) is 5.18. The predicted molar refractivity (Wildman–Crippen MR) is 64.7 cm³/mol. The number of rotatable bonds is 2. The fourth-order valence-corrected chi connectivity index (χ4v) is 1.99. The first kappa shape index (κ1) is 13.2. The molecule has 2 aromatic rings. The van der Waals surface area contributed by atoms with Gasteiger partial charge in [0.1, 0.15) is 6.10 Å². The van der Waals surface area contributed by atoms with E-state index in [4.69, 9.17) is 23.2 Å². The van der Waals surface area contributed by atoms with E-state index in [0.717, 1.165) is 6.07 Å². The topological polar surface area (TPSA) is 33.1 Å². The Morgan fingerprint density at radius 3 is 2.61 bits per heavy atom. The van der Waals surface area contributed by atoms with Gasteiger partial charge in [-0.2, -0.15) is 0 Å². The molecular formula is C12H7Cl2F2NO. The quantitative estimate of drug-likeness (QED) is 0.913. The number of pyridine rings is 1. The van der Waals surface area contributed by atoms with Gasteiger partial charge in [0.2, 0.25) is 0 Å². The monoisotopic (exact) mass is 289 g/mol. The fourth-order valence-electron chi connectivity index (χ4n) is 1.51. The third-order valence-electron chi connectivity index (χ3n) is 2.37. The fraction of sp³-hybridized carbons (Fsp3) is 0.0833. The van der Waals surface area contributed by atoms with Crippen molar-refractivity contribution in [1.29, 1.82) is 0 Å². The van der Waals surface area contributed by atoms with Gasteiger partial charge in [0, 0.05) is 11.8 Å². The standard InChI is InChI=1S/C12H7Cl2F2NO/c13-6-4-8(14)11(17-5-6)12(18)7-2-1-3-9(15)10(7)16/h1-5,12,18H. The summed E-state index contributed by atoms with van der Waals surface area (Å²) in [7, 11) is 0. The van der Waals surface area contributed by atoms with E-state index in [-0.39, 0.29) is 21.3 Å². The molecule has 1 unspecified atom stereocenters. The van der Waals surface area contributed by atoms with E-state index < -0.39 is 17.7 Å². The van der Waals surface area contributed by atoms with Crippen LogP contribution in [0.5, 0.6) is 0 Å². The molecule has 0 aliphatic carbocycles. The van der Waals surface area contributed by atoms with Gasteiger partial charge in [-0.3, -0.25) is 4.98 Å². The number of aliphatic hydroxyl groups excluding tert-OH is 1. The molecule has 0 aliphatic heterocycles. The highest BCUT2D eigenvalue weighted by Gasteiger charge is 2.21. The maximum Gasteiger partial charge on any atom is 0.165 e. The van der Waals surface area contributed by atoms with Gasteiger partial charge >= 0.3 is 0 Å². The Hall–Kier alpha value is -1.23. The molecule has 6 heteroatoms. The Kier molecular flexibility index (Phi) is 3.80. The molecule has 18 heavy (non-hydrogen) atoms. The van der Waals surface area contributed by atoms with Crippen LogP contribution >= 0.6 is 23.2 Å². The zero-order chi connectivity index (χ0) is 13.3. The first-order valence-corrected chi connectivity index (χ1v) is 5.69. The lowest BCUT2D eigenvalue weighted by Crippen LogP contribution is -2.06. The van der Waals surface area contributed by atoms with Crippen LogP contribution in [-0.4, -0.2) is 10.1 Å². The smallest absolute Gasteiger partial charge is 0.165 e. The summed E-state index contributed by atoms with van der Waals surface area (Å²) in [6.07, 6.45) is -0.186. The molecule has 1 atom stereocenters. The predicted octanol–water partition coefficient (Wildman–Crippen LogP) is 3.75. The molecule has 0 saturated carbocycles. The Bertz CT molecular complexity index is 592. The number of aliphatic hydroxyl groups is 1. The molecule has 0 bridgehead atoms. The molecule has 1 heterocycles. The van der Waals surface area contributed by atoms with Crippen molar-refractivity contribution >= 4 is 23.2 Å². The molecule has 0 fully saturated rings. The highest BCUT2D eigenvalue weighted by molar-refractivity contribution is 6.34. The highest BCUT2D eigenvalue weighted by atomic mass is 35.5. The molecule has 0 spiro atoms. The SMILES string of the molecule is OC(c1cccc(F)c1F)c1ncc(Cl)cc1Cl. The number of hydrogen-bond donors (Lipinski definition) is 1. The van der Waals surface area contributed by atoms with Crippen molar-refractivity contribution < 1.29 is 13.9 Å². The molecule has 2 rings (SSSR count). The zero-order valence-corrected chi connectivity index (χ0v) is 10.4. The van der Waals surface area contributed by atoms with Crippen molar-refractivity contribution in [2.45, 2.75) is 6.10 Å². The normalized spacial score (nSPS) is 12.5. The van der Waals surface area contributed by atoms with Crippen LogP contribution in [-0.2, 0) is 0 Å². The van der Waals surface area contributed by atoms with Crippen LogP contribution in [0.1, 0.15) is 17.4 Å². The highest BCUT2D eigenvalue weighted by Crippen LogP contribution is 2.30. The van der Waals surface area contributed by atoms with Gasteiger partial charge in [0.15, 0.2) is 11.6 Å². The number of halogens is 4. The molecule has 1 aromatic carbocycles. The van der Waals surface area contributed by atoms with Crippen LogP contribution in [0.15, 0.2) is 30.5 Å². The van der Waals surface area contributed by atoms with E-state index in [9.17, 15) is 13.9 Å². The summed E-state index contributed by atoms with van der Waals surface area (Å²) in [6, 6.07) is 4.88. The van der Waals surface area contributed by atoms with Crippen molar-refractivity contribution in [3.05, 3.63) is 63.4 Å². The summed E-state index contributed by atoms with van der Waals surface area (Å²) < 4.78 is 26.6. The van der Waals surface area contributed by atoms with Crippen molar-refractivity contribution in [3.8, 4) is 0 Å². The molecular weight excluding hydrogens is 283 g/mol. The minimum atomic E-state index is -1.45. The van der Waals surface area contributed by atoms with E-state index in [2.05, 4.69) is 4.98 Å². The van der Waals surface area contributed by atoms with Gasteiger partial charge in [-0.1, -0.05) is 35.3 Å². The van der Waals surface area contributed by atoms with Crippen LogP contribution in [0.2, 0.25) is 10.0 Å². The van der Waals surface area contributed by atoms with Gasteiger partial charge in [0.05, 0.1) is 15.7 Å². The molecule has 1 aromatic heterocycles. The van der Waals surface area contributed by atoms with Crippen LogP contribution in [0.25, 0.3) is 0 Å². The van der Waals surface area contributed by atoms with Crippen molar-refractivity contribution in [2.24, 2.45) is 0 Å². The number of aromatic nitrogens is 1. The van der Waals surface area contributed by atoms with Crippen LogP contribution in [0, 0.1) is 11.6 Å². The Balaban J connectivity index is 2.48.